The van der Waals surface area contributed by atoms with Crippen LogP contribution in [-0.4, -0.2) is 52.2 Å². The zero-order valence-electron chi connectivity index (χ0n) is 14.9. The van der Waals surface area contributed by atoms with Crippen LogP contribution in [0, 0.1) is 5.92 Å². The maximum atomic E-state index is 12.7. The lowest BCUT2D eigenvalue weighted by atomic mass is 9.91. The number of likely N-dealkylation sites (tertiary alicyclic amines) is 1. The zero-order chi connectivity index (χ0) is 17.8. The van der Waals surface area contributed by atoms with Crippen molar-refractivity contribution in [2.45, 2.75) is 31.6 Å². The van der Waals surface area contributed by atoms with E-state index in [9.17, 15) is 4.79 Å². The number of aromatic nitrogens is 3. The van der Waals surface area contributed by atoms with Crippen molar-refractivity contribution in [1.82, 2.24) is 25.4 Å². The third-order valence-electron chi connectivity index (χ3n) is 5.45. The maximum absolute atomic E-state index is 12.7. The Hall–Kier alpha value is -2.41. The first-order valence-corrected chi connectivity index (χ1v) is 9.52. The van der Waals surface area contributed by atoms with Gasteiger partial charge in [0.25, 0.3) is 0 Å². The average Bonchev–Trinajstić information content (AvgIpc) is 3.17. The van der Waals surface area contributed by atoms with Crippen LogP contribution < -0.4 is 10.6 Å². The molecule has 138 valence electrons. The van der Waals surface area contributed by atoms with Gasteiger partial charge >= 0.3 is 0 Å². The number of carbonyl (C=O) groups excluding carboxylic acids is 1. The van der Waals surface area contributed by atoms with E-state index in [-0.39, 0.29) is 5.92 Å². The Morgan fingerprint density at radius 3 is 2.65 bits per heavy atom. The molecular formula is C19H26N6O. The van der Waals surface area contributed by atoms with Crippen LogP contribution in [0.2, 0.25) is 0 Å². The molecule has 2 aromatic rings. The van der Waals surface area contributed by atoms with Crippen LogP contribution >= 0.6 is 0 Å². The topological polar surface area (TPSA) is 85.9 Å². The molecule has 7 nitrogen and oxygen atoms in total. The number of piperidine rings is 2. The largest absolute Gasteiger partial charge is 0.342 e. The number of hydrogen-bond acceptors (Lipinski definition) is 5. The molecule has 3 N–H and O–H groups in total. The van der Waals surface area contributed by atoms with Gasteiger partial charge in [-0.2, -0.15) is 5.10 Å². The number of amides is 1. The predicted octanol–water partition coefficient (Wildman–Crippen LogP) is 2.25. The van der Waals surface area contributed by atoms with Gasteiger partial charge in [-0.1, -0.05) is 6.07 Å². The second-order valence-corrected chi connectivity index (χ2v) is 7.17. The molecule has 0 spiro atoms. The fourth-order valence-electron chi connectivity index (χ4n) is 3.92. The van der Waals surface area contributed by atoms with Crippen molar-refractivity contribution in [2.75, 3.05) is 31.5 Å². The van der Waals surface area contributed by atoms with Crippen molar-refractivity contribution in [1.29, 1.82) is 0 Å². The molecule has 7 heteroatoms. The van der Waals surface area contributed by atoms with Crippen molar-refractivity contribution in [3.05, 3.63) is 36.2 Å². The first kappa shape index (κ1) is 17.0. The van der Waals surface area contributed by atoms with Crippen molar-refractivity contribution in [3.63, 3.8) is 0 Å². The van der Waals surface area contributed by atoms with Crippen molar-refractivity contribution >= 4 is 17.5 Å². The van der Waals surface area contributed by atoms with Crippen molar-refractivity contribution in [2.24, 2.45) is 5.92 Å². The normalized spacial score (nSPS) is 19.5. The van der Waals surface area contributed by atoms with E-state index < -0.39 is 0 Å². The number of hydrogen-bond donors (Lipinski definition) is 3. The minimum atomic E-state index is 0.217. The quantitative estimate of drug-likeness (QED) is 0.784. The summed E-state index contributed by atoms with van der Waals surface area (Å²) in [6.07, 6.45) is 5.68. The summed E-state index contributed by atoms with van der Waals surface area (Å²) in [4.78, 5) is 19.0. The van der Waals surface area contributed by atoms with Gasteiger partial charge < -0.3 is 15.5 Å². The van der Waals surface area contributed by atoms with Crippen LogP contribution in [0.15, 0.2) is 30.5 Å². The Bertz CT molecular complexity index is 717. The molecule has 0 aliphatic carbocycles. The molecule has 1 amide bonds. The Morgan fingerprint density at radius 2 is 1.92 bits per heavy atom. The Balaban J connectivity index is 1.31. The second-order valence-electron chi connectivity index (χ2n) is 7.17. The molecule has 4 rings (SSSR count). The standard InChI is InChI=1S/C19H26N6O/c26-19(15-4-9-20-10-5-15)25-11-6-14(7-12-25)16-13-18(24-23-16)22-17-3-1-2-8-21-17/h1-3,8,13-15,20H,4-7,9-12H2,(H2,21,22,23,24). The van der Waals surface area contributed by atoms with Gasteiger partial charge in [0.1, 0.15) is 5.82 Å². The number of aromatic amines is 1. The smallest absolute Gasteiger partial charge is 0.225 e. The van der Waals surface area contributed by atoms with E-state index in [4.69, 9.17) is 0 Å². The number of nitrogens with one attached hydrogen (secondary N) is 3. The number of pyridine rings is 1. The minimum Gasteiger partial charge on any atom is -0.342 e. The molecule has 2 saturated heterocycles. The van der Waals surface area contributed by atoms with E-state index in [1.807, 2.05) is 18.2 Å². The predicted molar refractivity (Wildman–Crippen MR) is 100 cm³/mol. The summed E-state index contributed by atoms with van der Waals surface area (Å²) in [6.45, 7) is 3.62. The summed E-state index contributed by atoms with van der Waals surface area (Å²) >= 11 is 0. The Morgan fingerprint density at radius 1 is 1.12 bits per heavy atom. The van der Waals surface area contributed by atoms with Gasteiger partial charge in [0.05, 0.1) is 0 Å². The van der Waals surface area contributed by atoms with Crippen LogP contribution in [0.25, 0.3) is 0 Å². The van der Waals surface area contributed by atoms with Crippen molar-refractivity contribution < 1.29 is 4.79 Å². The van der Waals surface area contributed by atoms with Crippen LogP contribution in [-0.2, 0) is 4.79 Å². The molecule has 4 heterocycles. The number of anilines is 2. The van der Waals surface area contributed by atoms with Crippen LogP contribution in [0.5, 0.6) is 0 Å². The highest BCUT2D eigenvalue weighted by molar-refractivity contribution is 5.79. The van der Waals surface area contributed by atoms with Crippen LogP contribution in [0.3, 0.4) is 0 Å². The molecule has 2 aliphatic rings. The Kier molecular flexibility index (Phi) is 5.15. The lowest BCUT2D eigenvalue weighted by Crippen LogP contribution is -2.44. The third-order valence-corrected chi connectivity index (χ3v) is 5.45. The monoisotopic (exact) mass is 354 g/mol. The zero-order valence-corrected chi connectivity index (χ0v) is 14.9. The summed E-state index contributed by atoms with van der Waals surface area (Å²) < 4.78 is 0. The van der Waals surface area contributed by atoms with Gasteiger partial charge in [-0.25, -0.2) is 4.98 Å². The fraction of sp³-hybridized carbons (Fsp3) is 0.526. The van der Waals surface area contributed by atoms with E-state index in [0.29, 0.717) is 11.8 Å². The number of nitrogens with zero attached hydrogens (tertiary/aromatic N) is 3. The van der Waals surface area contributed by atoms with Gasteiger partial charge in [0.2, 0.25) is 5.91 Å². The van der Waals surface area contributed by atoms with E-state index >= 15 is 0 Å². The van der Waals surface area contributed by atoms with Gasteiger partial charge in [0, 0.05) is 42.9 Å². The number of rotatable bonds is 4. The molecule has 0 radical (unpaired) electrons. The lowest BCUT2D eigenvalue weighted by molar-refractivity contribution is -0.137. The van der Waals surface area contributed by atoms with E-state index in [1.54, 1.807) is 6.20 Å². The second kappa shape index (κ2) is 7.86. The van der Waals surface area contributed by atoms with Gasteiger partial charge in [-0.05, 0) is 50.9 Å². The Labute approximate surface area is 153 Å². The minimum absolute atomic E-state index is 0.217. The molecule has 0 bridgehead atoms. The maximum Gasteiger partial charge on any atom is 0.225 e. The molecule has 26 heavy (non-hydrogen) atoms. The lowest BCUT2D eigenvalue weighted by Gasteiger charge is -2.35. The molecule has 2 fully saturated rings. The summed E-state index contributed by atoms with van der Waals surface area (Å²) in [7, 11) is 0. The summed E-state index contributed by atoms with van der Waals surface area (Å²) in [6, 6.07) is 7.81. The van der Waals surface area contributed by atoms with Gasteiger partial charge in [-0.3, -0.25) is 9.89 Å². The SMILES string of the molecule is O=C(C1CCNCC1)N1CCC(c2cc(Nc3ccccn3)n[nH]2)CC1. The molecular weight excluding hydrogens is 328 g/mol. The van der Waals surface area contributed by atoms with E-state index in [0.717, 1.165) is 69.2 Å². The summed E-state index contributed by atoms with van der Waals surface area (Å²) in [5, 5.41) is 14.0. The molecule has 0 aromatic carbocycles. The number of carbonyl (C=O) groups is 1. The van der Waals surface area contributed by atoms with Crippen LogP contribution in [0.1, 0.15) is 37.3 Å². The molecule has 2 aromatic heterocycles. The average molecular weight is 354 g/mol. The first-order chi connectivity index (χ1) is 12.8. The van der Waals surface area contributed by atoms with E-state index in [1.165, 1.54) is 0 Å². The molecule has 0 atom stereocenters. The summed E-state index contributed by atoms with van der Waals surface area (Å²) in [5.74, 6) is 2.57. The summed E-state index contributed by atoms with van der Waals surface area (Å²) in [5.41, 5.74) is 1.14. The highest BCUT2D eigenvalue weighted by atomic mass is 16.2. The third kappa shape index (κ3) is 3.88. The number of H-pyrrole nitrogens is 1. The first-order valence-electron chi connectivity index (χ1n) is 9.52. The molecule has 0 unspecified atom stereocenters. The van der Waals surface area contributed by atoms with Crippen molar-refractivity contribution in [3.8, 4) is 0 Å². The van der Waals surface area contributed by atoms with E-state index in [2.05, 4.69) is 36.8 Å². The van der Waals surface area contributed by atoms with Gasteiger partial charge in [0.15, 0.2) is 5.82 Å². The molecule has 0 saturated carbocycles. The highest BCUT2D eigenvalue weighted by Gasteiger charge is 2.30. The molecule has 2 aliphatic heterocycles. The van der Waals surface area contributed by atoms with Crippen LogP contribution in [0.4, 0.5) is 11.6 Å². The highest BCUT2D eigenvalue weighted by Crippen LogP contribution is 2.29. The van der Waals surface area contributed by atoms with Gasteiger partial charge in [-0.15, -0.1) is 0 Å². The fourth-order valence-corrected chi connectivity index (χ4v) is 3.92.